The van der Waals surface area contributed by atoms with E-state index < -0.39 is 5.79 Å². The van der Waals surface area contributed by atoms with Crippen LogP contribution in [0.3, 0.4) is 0 Å². The summed E-state index contributed by atoms with van der Waals surface area (Å²) in [5.74, 6) is 3.24. The summed E-state index contributed by atoms with van der Waals surface area (Å²) in [4.78, 5) is 11.5. The van der Waals surface area contributed by atoms with Crippen molar-refractivity contribution in [1.82, 2.24) is 0 Å². The van der Waals surface area contributed by atoms with Crippen LogP contribution in [0.25, 0.3) is 0 Å². The van der Waals surface area contributed by atoms with Crippen LogP contribution in [0.4, 0.5) is 0 Å². The van der Waals surface area contributed by atoms with Crippen LogP contribution in [0.5, 0.6) is 0 Å². The third-order valence-electron chi connectivity index (χ3n) is 10.7. The number of rotatable bonds is 6. The van der Waals surface area contributed by atoms with Crippen molar-refractivity contribution in [3.63, 3.8) is 0 Å². The van der Waals surface area contributed by atoms with Crippen LogP contribution in [0.1, 0.15) is 112 Å². The minimum Gasteiger partial charge on any atom is -0.433 e. The molecule has 3 nitrogen and oxygen atoms in total. The SMILES string of the molecule is CC(=O)O[C@]1(O)CC[C@@]2(C)C(=CC[C@H]3[C@@H]4CC[C@H]([C@H](C)CCCC(C)C)[C@@]4(C)CC[C@@H]32)C1. The maximum atomic E-state index is 11.5. The predicted octanol–water partition coefficient (Wildman–Crippen LogP) is 7.28. The number of hydrogen-bond acceptors (Lipinski definition) is 3. The summed E-state index contributed by atoms with van der Waals surface area (Å²) in [5, 5.41) is 10.9. The van der Waals surface area contributed by atoms with Crippen molar-refractivity contribution in [2.24, 2.45) is 46.3 Å². The summed E-state index contributed by atoms with van der Waals surface area (Å²) < 4.78 is 5.36. The van der Waals surface area contributed by atoms with Gasteiger partial charge in [0.1, 0.15) is 0 Å². The van der Waals surface area contributed by atoms with Gasteiger partial charge in [0.25, 0.3) is 0 Å². The lowest BCUT2D eigenvalue weighted by atomic mass is 9.46. The van der Waals surface area contributed by atoms with Crippen molar-refractivity contribution in [2.45, 2.75) is 118 Å². The highest BCUT2D eigenvalue weighted by molar-refractivity contribution is 5.66. The van der Waals surface area contributed by atoms with Crippen molar-refractivity contribution < 1.29 is 14.6 Å². The zero-order valence-electron chi connectivity index (χ0n) is 21.6. The molecule has 0 bridgehead atoms. The van der Waals surface area contributed by atoms with Gasteiger partial charge in [-0.1, -0.05) is 65.5 Å². The van der Waals surface area contributed by atoms with Gasteiger partial charge in [-0.2, -0.15) is 0 Å². The summed E-state index contributed by atoms with van der Waals surface area (Å²) in [5.41, 5.74) is 2.03. The largest absolute Gasteiger partial charge is 0.433 e. The molecule has 3 heteroatoms. The van der Waals surface area contributed by atoms with Crippen LogP contribution in [-0.2, 0) is 9.53 Å². The van der Waals surface area contributed by atoms with E-state index in [1.165, 1.54) is 57.4 Å². The molecule has 0 unspecified atom stereocenters. The number of allylic oxidation sites excluding steroid dienone is 1. The van der Waals surface area contributed by atoms with Gasteiger partial charge in [-0.15, -0.1) is 0 Å². The van der Waals surface area contributed by atoms with Crippen molar-refractivity contribution >= 4 is 5.97 Å². The maximum Gasteiger partial charge on any atom is 0.305 e. The Morgan fingerprint density at radius 3 is 2.53 bits per heavy atom. The first-order valence-electron chi connectivity index (χ1n) is 13.6. The quantitative estimate of drug-likeness (QED) is 0.266. The third-order valence-corrected chi connectivity index (χ3v) is 10.7. The molecule has 0 aromatic carbocycles. The van der Waals surface area contributed by atoms with Crippen molar-refractivity contribution in [3.05, 3.63) is 11.6 Å². The lowest BCUT2D eigenvalue weighted by molar-refractivity contribution is -0.221. The van der Waals surface area contributed by atoms with Gasteiger partial charge in [0.2, 0.25) is 5.79 Å². The molecule has 0 amide bonds. The van der Waals surface area contributed by atoms with Crippen LogP contribution in [0.2, 0.25) is 0 Å². The van der Waals surface area contributed by atoms with E-state index in [-0.39, 0.29) is 11.4 Å². The Bertz CT molecular complexity index is 741. The lowest BCUT2D eigenvalue weighted by Gasteiger charge is -2.59. The maximum absolute atomic E-state index is 11.5. The lowest BCUT2D eigenvalue weighted by Crippen LogP contribution is -2.53. The molecule has 4 aliphatic carbocycles. The van der Waals surface area contributed by atoms with Crippen LogP contribution < -0.4 is 0 Å². The normalized spacial score (nSPS) is 44.3. The van der Waals surface area contributed by atoms with E-state index >= 15 is 0 Å². The molecular weight excluding hydrogens is 396 g/mol. The van der Waals surface area contributed by atoms with Gasteiger partial charge in [-0.25, -0.2) is 0 Å². The van der Waals surface area contributed by atoms with Gasteiger partial charge < -0.3 is 9.84 Å². The van der Waals surface area contributed by atoms with E-state index in [2.05, 4.69) is 40.7 Å². The average Bonchev–Trinajstić information content (AvgIpc) is 3.05. The Kier molecular flexibility index (Phi) is 6.64. The van der Waals surface area contributed by atoms with Gasteiger partial charge >= 0.3 is 5.97 Å². The minimum atomic E-state index is -1.29. The van der Waals surface area contributed by atoms with E-state index in [1.807, 2.05) is 0 Å². The van der Waals surface area contributed by atoms with Crippen LogP contribution in [-0.4, -0.2) is 16.9 Å². The summed E-state index contributed by atoms with van der Waals surface area (Å²) in [6.45, 7) is 13.7. The molecular formula is C29H48O3. The average molecular weight is 445 g/mol. The summed E-state index contributed by atoms with van der Waals surface area (Å²) >= 11 is 0. The van der Waals surface area contributed by atoms with E-state index in [4.69, 9.17) is 4.74 Å². The minimum absolute atomic E-state index is 0.164. The first-order valence-corrected chi connectivity index (χ1v) is 13.6. The molecule has 4 aliphatic rings. The number of carbonyl (C=O) groups is 1. The molecule has 0 aliphatic heterocycles. The molecule has 3 fully saturated rings. The molecule has 0 saturated heterocycles. The van der Waals surface area contributed by atoms with Gasteiger partial charge in [0.15, 0.2) is 0 Å². The van der Waals surface area contributed by atoms with E-state index in [9.17, 15) is 9.90 Å². The van der Waals surface area contributed by atoms with Gasteiger partial charge in [-0.3, -0.25) is 4.79 Å². The van der Waals surface area contributed by atoms with Gasteiger partial charge in [0, 0.05) is 19.8 Å². The third kappa shape index (κ3) is 4.21. The number of aliphatic hydroxyl groups is 1. The Morgan fingerprint density at radius 2 is 1.84 bits per heavy atom. The first-order chi connectivity index (χ1) is 15.0. The van der Waals surface area contributed by atoms with E-state index in [0.717, 1.165) is 48.3 Å². The van der Waals surface area contributed by atoms with Crippen molar-refractivity contribution in [1.29, 1.82) is 0 Å². The fourth-order valence-electron chi connectivity index (χ4n) is 9.00. The van der Waals surface area contributed by atoms with E-state index in [0.29, 0.717) is 18.3 Å². The Labute approximate surface area is 196 Å². The van der Waals surface area contributed by atoms with Gasteiger partial charge in [0.05, 0.1) is 0 Å². The molecule has 0 spiro atoms. The summed E-state index contributed by atoms with van der Waals surface area (Å²) in [7, 11) is 0. The monoisotopic (exact) mass is 444 g/mol. The standard InChI is InChI=1S/C29H48O3/c1-19(2)8-7-9-20(3)24-12-13-25-23-11-10-22-18-29(31,32-21(4)30)17-16-27(22,5)26(23)14-15-28(24,25)6/h10,19-20,23-26,31H,7-9,11-18H2,1-6H3/t20-,23+,24-,25+,26+,27+,28-,29-/m1/s1. The molecule has 1 N–H and O–H groups in total. The molecule has 8 atom stereocenters. The van der Waals surface area contributed by atoms with Crippen LogP contribution in [0.15, 0.2) is 11.6 Å². The topological polar surface area (TPSA) is 46.5 Å². The second-order valence-electron chi connectivity index (χ2n) is 13.0. The van der Waals surface area contributed by atoms with Crippen LogP contribution in [0, 0.1) is 46.3 Å². The second kappa shape index (κ2) is 8.75. The number of ether oxygens (including phenoxy) is 1. The molecule has 0 heterocycles. The van der Waals surface area contributed by atoms with Crippen molar-refractivity contribution in [2.75, 3.05) is 0 Å². The fraction of sp³-hybridized carbons (Fsp3) is 0.897. The number of fused-ring (bicyclic) bond motifs is 5. The highest BCUT2D eigenvalue weighted by Crippen LogP contribution is 2.67. The van der Waals surface area contributed by atoms with Gasteiger partial charge in [-0.05, 0) is 84.9 Å². The van der Waals surface area contributed by atoms with Crippen LogP contribution >= 0.6 is 0 Å². The highest BCUT2D eigenvalue weighted by atomic mass is 16.7. The molecule has 32 heavy (non-hydrogen) atoms. The first kappa shape index (κ1) is 24.3. The summed E-state index contributed by atoms with van der Waals surface area (Å²) in [6, 6.07) is 0. The Morgan fingerprint density at radius 1 is 1.09 bits per heavy atom. The van der Waals surface area contributed by atoms with Crippen molar-refractivity contribution in [3.8, 4) is 0 Å². The Hall–Kier alpha value is -0.830. The molecule has 0 aromatic rings. The molecule has 4 rings (SSSR count). The molecule has 0 radical (unpaired) electrons. The molecule has 0 aromatic heterocycles. The fourth-order valence-corrected chi connectivity index (χ4v) is 9.00. The highest BCUT2D eigenvalue weighted by Gasteiger charge is 2.60. The summed E-state index contributed by atoms with van der Waals surface area (Å²) in [6.07, 6.45) is 15.3. The predicted molar refractivity (Wildman–Crippen MR) is 130 cm³/mol. The zero-order chi connectivity index (χ0) is 23.3. The molecule has 3 saturated carbocycles. The second-order valence-corrected chi connectivity index (χ2v) is 13.0. The number of carbonyl (C=O) groups excluding carboxylic acids is 1. The number of hydrogen-bond donors (Lipinski definition) is 1. The Balaban J connectivity index is 1.49. The smallest absolute Gasteiger partial charge is 0.305 e. The van der Waals surface area contributed by atoms with E-state index in [1.54, 1.807) is 0 Å². The zero-order valence-corrected chi connectivity index (χ0v) is 21.6. The number of esters is 1. The molecule has 182 valence electrons.